The molecule has 2 heterocycles. The van der Waals surface area contributed by atoms with Crippen LogP contribution in [0.2, 0.25) is 0 Å². The third kappa shape index (κ3) is 3.16. The lowest BCUT2D eigenvalue weighted by Gasteiger charge is -2.42. The van der Waals surface area contributed by atoms with Gasteiger partial charge in [-0.2, -0.15) is 0 Å². The van der Waals surface area contributed by atoms with Gasteiger partial charge in [-0.1, -0.05) is 50.3 Å². The average Bonchev–Trinajstić information content (AvgIpc) is 3.14. The molecule has 1 atom stereocenters. The minimum absolute atomic E-state index is 0.112. The van der Waals surface area contributed by atoms with Crippen LogP contribution in [-0.4, -0.2) is 19.9 Å². The van der Waals surface area contributed by atoms with E-state index in [-0.39, 0.29) is 11.0 Å². The van der Waals surface area contributed by atoms with E-state index in [1.807, 2.05) is 10.6 Å². The van der Waals surface area contributed by atoms with E-state index in [9.17, 15) is 0 Å². The number of nitrogens with two attached hydrogens (primary N) is 1. The van der Waals surface area contributed by atoms with Crippen molar-refractivity contribution < 1.29 is 0 Å². The van der Waals surface area contributed by atoms with E-state index in [1.165, 1.54) is 17.6 Å². The maximum absolute atomic E-state index is 6.55. The normalized spacial score (nSPS) is 24.6. The number of nitrogens with zero attached hydrogens (tertiary/aromatic N) is 3. The van der Waals surface area contributed by atoms with Crippen LogP contribution in [0.3, 0.4) is 0 Å². The Morgan fingerprint density at radius 1 is 1.36 bits per heavy atom. The van der Waals surface area contributed by atoms with Gasteiger partial charge in [0.2, 0.25) is 5.78 Å². The molecule has 4 nitrogen and oxygen atoms in total. The van der Waals surface area contributed by atoms with E-state index >= 15 is 0 Å². The second kappa shape index (κ2) is 7.17. The van der Waals surface area contributed by atoms with Crippen molar-refractivity contribution in [1.82, 2.24) is 14.4 Å². The van der Waals surface area contributed by atoms with Crippen molar-refractivity contribution in [3.8, 4) is 0 Å². The van der Waals surface area contributed by atoms with Gasteiger partial charge in [-0.25, -0.2) is 9.97 Å². The van der Waals surface area contributed by atoms with Crippen molar-refractivity contribution in [2.24, 2.45) is 5.73 Å². The SMILES string of the molecule is C/C=C(\C=C/CC)c1cn2ccnc2nc1C1(C)C=CC(C2(N)CCC2)=CC1. The van der Waals surface area contributed by atoms with E-state index in [1.54, 1.807) is 6.20 Å². The van der Waals surface area contributed by atoms with E-state index in [0.717, 1.165) is 42.7 Å². The molecule has 4 heteroatoms. The summed E-state index contributed by atoms with van der Waals surface area (Å²) in [7, 11) is 0. The van der Waals surface area contributed by atoms with Crippen molar-refractivity contribution in [2.45, 2.75) is 63.8 Å². The highest BCUT2D eigenvalue weighted by atomic mass is 15.1. The molecule has 2 N–H and O–H groups in total. The summed E-state index contributed by atoms with van der Waals surface area (Å²) in [6, 6.07) is 0. The van der Waals surface area contributed by atoms with E-state index in [2.05, 4.69) is 68.4 Å². The van der Waals surface area contributed by atoms with Gasteiger partial charge in [0.15, 0.2) is 0 Å². The fraction of sp³-hybridized carbons (Fsp3) is 0.417. The van der Waals surface area contributed by atoms with Gasteiger partial charge in [0, 0.05) is 35.1 Å². The molecular formula is C24H30N4. The second-order valence-corrected chi connectivity index (χ2v) is 8.32. The lowest BCUT2D eigenvalue weighted by Crippen LogP contribution is -2.48. The maximum atomic E-state index is 6.55. The quantitative estimate of drug-likeness (QED) is 0.739. The zero-order chi connectivity index (χ0) is 19.8. The minimum atomic E-state index is -0.180. The van der Waals surface area contributed by atoms with E-state index in [4.69, 9.17) is 10.7 Å². The first-order valence-corrected chi connectivity index (χ1v) is 10.4. The van der Waals surface area contributed by atoms with Crippen LogP contribution in [0, 0.1) is 0 Å². The molecule has 1 unspecified atom stereocenters. The third-order valence-corrected chi connectivity index (χ3v) is 6.28. The topological polar surface area (TPSA) is 56.2 Å². The molecule has 0 amide bonds. The Morgan fingerprint density at radius 2 is 2.18 bits per heavy atom. The molecule has 0 spiro atoms. The van der Waals surface area contributed by atoms with Gasteiger partial charge in [-0.05, 0) is 50.2 Å². The molecule has 2 aromatic rings. The molecule has 146 valence electrons. The highest BCUT2D eigenvalue weighted by molar-refractivity contribution is 5.76. The Kier molecular flexibility index (Phi) is 4.84. The van der Waals surface area contributed by atoms with E-state index in [0.29, 0.717) is 0 Å². The number of rotatable bonds is 5. The molecule has 2 aliphatic rings. The predicted molar refractivity (Wildman–Crippen MR) is 116 cm³/mol. The van der Waals surface area contributed by atoms with Gasteiger partial charge in [0.25, 0.3) is 0 Å². The Labute approximate surface area is 167 Å². The summed E-state index contributed by atoms with van der Waals surface area (Å²) < 4.78 is 2.00. The molecule has 0 aliphatic heterocycles. The molecule has 0 saturated heterocycles. The van der Waals surface area contributed by atoms with Crippen LogP contribution in [0.1, 0.15) is 64.1 Å². The monoisotopic (exact) mass is 374 g/mol. The summed E-state index contributed by atoms with van der Waals surface area (Å²) in [5.41, 5.74) is 11.0. The second-order valence-electron chi connectivity index (χ2n) is 8.32. The predicted octanol–water partition coefficient (Wildman–Crippen LogP) is 5.12. The Hall–Kier alpha value is -2.46. The van der Waals surface area contributed by atoms with Crippen molar-refractivity contribution >= 4 is 11.4 Å². The van der Waals surface area contributed by atoms with Gasteiger partial charge in [-0.15, -0.1) is 0 Å². The van der Waals surface area contributed by atoms with Gasteiger partial charge < -0.3 is 5.73 Å². The van der Waals surface area contributed by atoms with Crippen LogP contribution in [0.5, 0.6) is 0 Å². The zero-order valence-corrected chi connectivity index (χ0v) is 17.2. The fourth-order valence-electron chi connectivity index (χ4n) is 4.21. The molecule has 4 rings (SSSR count). The summed E-state index contributed by atoms with van der Waals surface area (Å²) in [6.07, 6.45) is 24.7. The Morgan fingerprint density at radius 3 is 2.79 bits per heavy atom. The molecule has 2 aliphatic carbocycles. The van der Waals surface area contributed by atoms with Gasteiger partial charge in [0.05, 0.1) is 5.69 Å². The van der Waals surface area contributed by atoms with Crippen LogP contribution in [0.15, 0.2) is 60.6 Å². The molecule has 0 aromatic carbocycles. The zero-order valence-electron chi connectivity index (χ0n) is 17.2. The first kappa shape index (κ1) is 18.9. The van der Waals surface area contributed by atoms with Gasteiger partial charge in [0.1, 0.15) is 0 Å². The number of aromatic nitrogens is 3. The molecule has 0 bridgehead atoms. The molecule has 1 saturated carbocycles. The number of hydrogen-bond donors (Lipinski definition) is 1. The minimum Gasteiger partial charge on any atom is -0.321 e. The summed E-state index contributed by atoms with van der Waals surface area (Å²) in [5, 5.41) is 0. The number of imidazole rings is 1. The van der Waals surface area contributed by atoms with Crippen LogP contribution in [0.25, 0.3) is 11.4 Å². The number of allylic oxidation sites excluding steroid dienone is 6. The summed E-state index contributed by atoms with van der Waals surface area (Å²) in [4.78, 5) is 9.42. The van der Waals surface area contributed by atoms with Crippen LogP contribution in [-0.2, 0) is 5.41 Å². The highest BCUT2D eigenvalue weighted by Gasteiger charge is 2.38. The van der Waals surface area contributed by atoms with Crippen molar-refractivity contribution in [3.05, 3.63) is 71.9 Å². The lowest BCUT2D eigenvalue weighted by atomic mass is 9.68. The molecule has 0 radical (unpaired) electrons. The van der Waals surface area contributed by atoms with Crippen molar-refractivity contribution in [2.75, 3.05) is 0 Å². The van der Waals surface area contributed by atoms with Crippen LogP contribution >= 0.6 is 0 Å². The Balaban J connectivity index is 1.78. The maximum Gasteiger partial charge on any atom is 0.233 e. The molecule has 2 aromatic heterocycles. The van der Waals surface area contributed by atoms with E-state index < -0.39 is 0 Å². The van der Waals surface area contributed by atoms with Crippen molar-refractivity contribution in [3.63, 3.8) is 0 Å². The van der Waals surface area contributed by atoms with Crippen LogP contribution in [0.4, 0.5) is 0 Å². The smallest absolute Gasteiger partial charge is 0.233 e. The number of hydrogen-bond acceptors (Lipinski definition) is 3. The highest BCUT2D eigenvalue weighted by Crippen LogP contribution is 2.42. The number of fused-ring (bicyclic) bond motifs is 1. The standard InChI is InChI=1S/C24H30N4/c1-4-6-8-18(5-2)20-17-28-16-15-26-22(28)27-21(20)23(3)13-9-19(10-14-23)24(25)11-7-12-24/h5-6,8-10,13,15-17H,4,7,11-12,14,25H2,1-3H3/b8-6-,18-5+. The van der Waals surface area contributed by atoms with Gasteiger partial charge in [-0.3, -0.25) is 4.40 Å². The first-order valence-electron chi connectivity index (χ1n) is 10.4. The molecule has 1 fully saturated rings. The fourth-order valence-corrected chi connectivity index (χ4v) is 4.21. The average molecular weight is 375 g/mol. The van der Waals surface area contributed by atoms with Crippen molar-refractivity contribution in [1.29, 1.82) is 0 Å². The first-order chi connectivity index (χ1) is 13.5. The van der Waals surface area contributed by atoms with Gasteiger partial charge >= 0.3 is 0 Å². The largest absolute Gasteiger partial charge is 0.321 e. The molecule has 28 heavy (non-hydrogen) atoms. The van der Waals surface area contributed by atoms with Crippen LogP contribution < -0.4 is 5.73 Å². The molecular weight excluding hydrogens is 344 g/mol. The summed E-state index contributed by atoms with van der Waals surface area (Å²) >= 11 is 0. The third-order valence-electron chi connectivity index (χ3n) is 6.28. The summed E-state index contributed by atoms with van der Waals surface area (Å²) in [6.45, 7) is 6.51. The lowest BCUT2D eigenvalue weighted by molar-refractivity contribution is 0.301. The summed E-state index contributed by atoms with van der Waals surface area (Å²) in [5.74, 6) is 0.743. The Bertz CT molecular complexity index is 1000.